The van der Waals surface area contributed by atoms with Crippen molar-refractivity contribution >= 4 is 29.1 Å². The maximum absolute atomic E-state index is 14.1. The molecular weight excluding hydrogens is 550 g/mol. The maximum atomic E-state index is 14.1. The summed E-state index contributed by atoms with van der Waals surface area (Å²) in [5.41, 5.74) is 3.76. The van der Waals surface area contributed by atoms with Crippen molar-refractivity contribution in [2.75, 3.05) is 42.9 Å². The average molecular weight is 583 g/mol. The van der Waals surface area contributed by atoms with E-state index in [0.717, 1.165) is 11.3 Å². The van der Waals surface area contributed by atoms with Gasteiger partial charge >= 0.3 is 0 Å². The first-order chi connectivity index (χ1) is 20.8. The van der Waals surface area contributed by atoms with Gasteiger partial charge in [0.15, 0.2) is 0 Å². The van der Waals surface area contributed by atoms with Gasteiger partial charge in [0.25, 0.3) is 11.8 Å². The summed E-state index contributed by atoms with van der Waals surface area (Å²) in [6.45, 7) is 3.98. The summed E-state index contributed by atoms with van der Waals surface area (Å²) in [6, 6.07) is 26.3. The highest BCUT2D eigenvalue weighted by atomic mass is 19.1. The topological polar surface area (TPSA) is 73.0 Å². The molecule has 0 aromatic heterocycles. The van der Waals surface area contributed by atoms with Crippen molar-refractivity contribution in [1.82, 2.24) is 9.80 Å². The summed E-state index contributed by atoms with van der Waals surface area (Å²) in [5.74, 6) is -1.88. The Labute approximate surface area is 249 Å². The Hall–Kier alpha value is -5.05. The Morgan fingerprint density at radius 2 is 1.44 bits per heavy atom. The lowest BCUT2D eigenvalue weighted by molar-refractivity contribution is -0.117. The van der Waals surface area contributed by atoms with Gasteiger partial charge in [0, 0.05) is 49.7 Å². The van der Waals surface area contributed by atoms with Crippen LogP contribution in [0.25, 0.3) is 0 Å². The molecule has 0 bridgehead atoms. The second kappa shape index (κ2) is 13.3. The molecule has 1 heterocycles. The average Bonchev–Trinajstić information content (AvgIpc) is 3.02. The van der Waals surface area contributed by atoms with Crippen molar-refractivity contribution < 1.29 is 23.2 Å². The molecule has 43 heavy (non-hydrogen) atoms. The molecule has 1 aliphatic rings. The molecule has 4 aromatic carbocycles. The molecule has 220 valence electrons. The van der Waals surface area contributed by atoms with Crippen LogP contribution >= 0.6 is 0 Å². The number of aryl methyl sites for hydroxylation is 1. The van der Waals surface area contributed by atoms with Crippen LogP contribution in [0, 0.1) is 18.6 Å². The van der Waals surface area contributed by atoms with Crippen molar-refractivity contribution in [3.8, 4) is 0 Å². The smallest absolute Gasteiger partial charge is 0.256 e. The summed E-state index contributed by atoms with van der Waals surface area (Å²) >= 11 is 0. The predicted molar refractivity (Wildman–Crippen MR) is 162 cm³/mol. The van der Waals surface area contributed by atoms with Gasteiger partial charge < -0.3 is 20.0 Å². The molecule has 7 nitrogen and oxygen atoms in total. The van der Waals surface area contributed by atoms with Gasteiger partial charge in [-0.3, -0.25) is 14.4 Å². The van der Waals surface area contributed by atoms with Crippen molar-refractivity contribution in [3.05, 3.63) is 131 Å². The second-order valence-electron chi connectivity index (χ2n) is 10.5. The minimum Gasteiger partial charge on any atom is -0.368 e. The summed E-state index contributed by atoms with van der Waals surface area (Å²) in [5, 5.41) is 2.86. The number of carbonyl (C=O) groups excluding carboxylic acids is 3. The largest absolute Gasteiger partial charge is 0.368 e. The molecule has 0 aliphatic carbocycles. The highest BCUT2D eigenvalue weighted by Gasteiger charge is 2.24. The fourth-order valence-electron chi connectivity index (χ4n) is 4.99. The molecule has 1 aliphatic heterocycles. The molecule has 0 radical (unpaired) electrons. The number of benzene rings is 4. The van der Waals surface area contributed by atoms with Crippen LogP contribution in [0.1, 0.15) is 31.8 Å². The molecule has 0 unspecified atom stereocenters. The molecule has 1 N–H and O–H groups in total. The monoisotopic (exact) mass is 582 g/mol. The molecule has 9 heteroatoms. The van der Waals surface area contributed by atoms with Gasteiger partial charge in [-0.2, -0.15) is 0 Å². The Morgan fingerprint density at radius 3 is 2.09 bits per heavy atom. The number of halogens is 2. The van der Waals surface area contributed by atoms with Crippen molar-refractivity contribution in [2.24, 2.45) is 0 Å². The van der Waals surface area contributed by atoms with Crippen LogP contribution in [-0.4, -0.2) is 60.2 Å². The molecule has 5 rings (SSSR count). The van der Waals surface area contributed by atoms with Gasteiger partial charge in [-0.05, 0) is 73.2 Å². The van der Waals surface area contributed by atoms with E-state index < -0.39 is 5.82 Å². The number of hydrogen-bond donors (Lipinski definition) is 1. The molecule has 1 fully saturated rings. The van der Waals surface area contributed by atoms with Gasteiger partial charge in [-0.15, -0.1) is 0 Å². The van der Waals surface area contributed by atoms with Crippen molar-refractivity contribution in [3.63, 3.8) is 0 Å². The molecule has 0 spiro atoms. The number of amides is 3. The van der Waals surface area contributed by atoms with E-state index >= 15 is 0 Å². The first kappa shape index (κ1) is 29.4. The Kier molecular flexibility index (Phi) is 9.10. The van der Waals surface area contributed by atoms with Gasteiger partial charge in [-0.1, -0.05) is 42.0 Å². The first-order valence-electron chi connectivity index (χ1n) is 14.1. The van der Waals surface area contributed by atoms with E-state index in [4.69, 9.17) is 0 Å². The normalized spacial score (nSPS) is 13.0. The van der Waals surface area contributed by atoms with E-state index in [0.29, 0.717) is 43.0 Å². The van der Waals surface area contributed by atoms with E-state index in [-0.39, 0.29) is 42.2 Å². The fraction of sp³-hybridized carbons (Fsp3) is 0.206. The van der Waals surface area contributed by atoms with Gasteiger partial charge in [0.05, 0.1) is 5.56 Å². The third kappa shape index (κ3) is 7.43. The van der Waals surface area contributed by atoms with Gasteiger partial charge in [0.2, 0.25) is 5.91 Å². The zero-order chi connectivity index (χ0) is 30.3. The Balaban J connectivity index is 1.19. The van der Waals surface area contributed by atoms with E-state index in [1.54, 1.807) is 53.4 Å². The zero-order valence-corrected chi connectivity index (χ0v) is 23.8. The minimum absolute atomic E-state index is 0.0767. The summed E-state index contributed by atoms with van der Waals surface area (Å²) in [6.07, 6.45) is 0. The lowest BCUT2D eigenvalue weighted by Crippen LogP contribution is -2.49. The van der Waals surface area contributed by atoms with Crippen LogP contribution in [0.5, 0.6) is 0 Å². The number of anilines is 2. The number of nitrogens with zero attached hydrogens (tertiary/aromatic N) is 3. The Morgan fingerprint density at radius 1 is 0.791 bits per heavy atom. The summed E-state index contributed by atoms with van der Waals surface area (Å²) < 4.78 is 27.5. The number of carbonyl (C=O) groups is 3. The fourth-order valence-corrected chi connectivity index (χ4v) is 4.99. The van der Waals surface area contributed by atoms with Crippen LogP contribution in [0.15, 0.2) is 97.1 Å². The van der Waals surface area contributed by atoms with Gasteiger partial charge in [0.1, 0.15) is 18.2 Å². The molecule has 1 saturated heterocycles. The van der Waals surface area contributed by atoms with Crippen LogP contribution in [-0.2, 0) is 11.3 Å². The lowest BCUT2D eigenvalue weighted by atomic mass is 10.1. The molecule has 0 atom stereocenters. The van der Waals surface area contributed by atoms with Crippen LogP contribution in [0.4, 0.5) is 20.2 Å². The van der Waals surface area contributed by atoms with E-state index in [1.807, 2.05) is 31.2 Å². The van der Waals surface area contributed by atoms with E-state index in [2.05, 4.69) is 10.2 Å². The molecule has 4 aromatic rings. The van der Waals surface area contributed by atoms with Crippen LogP contribution in [0.2, 0.25) is 0 Å². The Bertz CT molecular complexity index is 1580. The second-order valence-corrected chi connectivity index (χ2v) is 10.5. The van der Waals surface area contributed by atoms with Gasteiger partial charge in [-0.25, -0.2) is 8.78 Å². The zero-order valence-electron chi connectivity index (χ0n) is 23.8. The lowest BCUT2D eigenvalue weighted by Gasteiger charge is -2.36. The number of nitrogens with one attached hydrogen (secondary N) is 1. The molecule has 3 amide bonds. The minimum atomic E-state index is -0.523. The first-order valence-corrected chi connectivity index (χ1v) is 14.1. The predicted octanol–water partition coefficient (Wildman–Crippen LogP) is 5.52. The summed E-state index contributed by atoms with van der Waals surface area (Å²) in [4.78, 5) is 44.3. The van der Waals surface area contributed by atoms with Crippen molar-refractivity contribution in [1.29, 1.82) is 0 Å². The third-order valence-electron chi connectivity index (χ3n) is 7.39. The summed E-state index contributed by atoms with van der Waals surface area (Å²) in [7, 11) is 0. The van der Waals surface area contributed by atoms with Crippen LogP contribution < -0.4 is 10.2 Å². The number of piperazine rings is 1. The number of hydrogen-bond acceptors (Lipinski definition) is 4. The maximum Gasteiger partial charge on any atom is 0.256 e. The quantitative estimate of drug-likeness (QED) is 0.297. The SMILES string of the molecule is Cc1ccc(C(=O)N(CC(=O)Nc2ccc(N3CCN(C(=O)c4ccccc4F)CC3)cc2)Cc2ccc(F)cc2)cc1. The standard InChI is InChI=1S/C34H32F2N4O3/c1-24-6-10-26(11-7-24)33(42)40(22-25-8-12-27(35)13-9-25)23-32(41)37-28-14-16-29(17-15-28)38-18-20-39(21-19-38)34(43)30-4-2-3-5-31(30)36/h2-17H,18-23H2,1H3,(H,37,41). The van der Waals surface area contributed by atoms with Crippen LogP contribution in [0.3, 0.4) is 0 Å². The third-order valence-corrected chi connectivity index (χ3v) is 7.39. The van der Waals surface area contributed by atoms with E-state index in [1.165, 1.54) is 29.2 Å². The van der Waals surface area contributed by atoms with Crippen molar-refractivity contribution in [2.45, 2.75) is 13.5 Å². The number of rotatable bonds is 8. The van der Waals surface area contributed by atoms with E-state index in [9.17, 15) is 23.2 Å². The highest BCUT2D eigenvalue weighted by molar-refractivity contribution is 5.99. The highest BCUT2D eigenvalue weighted by Crippen LogP contribution is 2.21. The molecular formula is C34H32F2N4O3. The molecule has 0 saturated carbocycles.